The molecule has 0 radical (unpaired) electrons. The first-order chi connectivity index (χ1) is 16.7. The predicted molar refractivity (Wildman–Crippen MR) is 140 cm³/mol. The number of likely N-dealkylation sites (N-methyl/N-ethyl adjacent to an activating group) is 1. The molecule has 2 aliphatic heterocycles. The highest BCUT2D eigenvalue weighted by Gasteiger charge is 2.25. The van der Waals surface area contributed by atoms with Gasteiger partial charge in [0.2, 0.25) is 0 Å². The Morgan fingerprint density at radius 1 is 1.09 bits per heavy atom. The van der Waals surface area contributed by atoms with Gasteiger partial charge in [-0.05, 0) is 78.6 Å². The summed E-state index contributed by atoms with van der Waals surface area (Å²) < 4.78 is 15.3. The number of halogens is 1. The molecule has 1 saturated heterocycles. The maximum absolute atomic E-state index is 15.3. The van der Waals surface area contributed by atoms with Crippen LogP contribution in [-0.4, -0.2) is 77.1 Å². The van der Waals surface area contributed by atoms with Crippen molar-refractivity contribution >= 4 is 28.8 Å². The number of aryl methyl sites for hydroxylation is 1. The van der Waals surface area contributed by atoms with Crippen LogP contribution in [0.15, 0.2) is 23.3 Å². The monoisotopic (exact) mass is 483 g/mol. The lowest BCUT2D eigenvalue weighted by atomic mass is 10.0. The quantitative estimate of drug-likeness (QED) is 0.640. The molecule has 0 unspecified atom stereocenters. The highest BCUT2D eigenvalue weighted by Crippen LogP contribution is 2.34. The van der Waals surface area contributed by atoms with E-state index < -0.39 is 0 Å². The molecule has 0 aliphatic carbocycles. The summed E-state index contributed by atoms with van der Waals surface area (Å²) in [6.07, 6.45) is 5.11. The van der Waals surface area contributed by atoms with Crippen LogP contribution >= 0.6 is 0 Å². The van der Waals surface area contributed by atoms with Crippen LogP contribution < -0.4 is 10.2 Å². The van der Waals surface area contributed by atoms with E-state index in [-0.39, 0.29) is 23.9 Å². The first kappa shape index (κ1) is 25.2. The Kier molecular flexibility index (Phi) is 7.74. The SMILES string of the molecule is CC(C)N(C(=O)Nc1c[nH]nc1C1=Nc2cc(F)c(N3CCCN(C)CC3)cc2CCC1)C(C)C. The van der Waals surface area contributed by atoms with Gasteiger partial charge in [0, 0.05) is 44.0 Å². The van der Waals surface area contributed by atoms with Gasteiger partial charge in [0.25, 0.3) is 0 Å². The number of amides is 2. The summed E-state index contributed by atoms with van der Waals surface area (Å²) in [6, 6.07) is 3.50. The number of nitrogens with zero attached hydrogens (tertiary/aromatic N) is 5. The number of anilines is 2. The van der Waals surface area contributed by atoms with Crippen LogP contribution in [0.25, 0.3) is 0 Å². The lowest BCUT2D eigenvalue weighted by molar-refractivity contribution is 0.178. The summed E-state index contributed by atoms with van der Waals surface area (Å²) in [5, 5.41) is 10.3. The number of H-pyrrole nitrogens is 1. The van der Waals surface area contributed by atoms with Gasteiger partial charge in [-0.2, -0.15) is 5.10 Å². The number of hydrogen-bond acceptors (Lipinski definition) is 5. The second kappa shape index (κ2) is 10.8. The molecule has 2 aromatic rings. The van der Waals surface area contributed by atoms with Crippen molar-refractivity contribution in [1.29, 1.82) is 0 Å². The largest absolute Gasteiger partial charge is 0.368 e. The van der Waals surface area contributed by atoms with Gasteiger partial charge in [0.1, 0.15) is 11.5 Å². The van der Waals surface area contributed by atoms with Gasteiger partial charge in [-0.1, -0.05) is 0 Å². The smallest absolute Gasteiger partial charge is 0.322 e. The van der Waals surface area contributed by atoms with Gasteiger partial charge >= 0.3 is 6.03 Å². The van der Waals surface area contributed by atoms with Crippen molar-refractivity contribution in [3.8, 4) is 0 Å². The number of aromatic amines is 1. The normalized spacial score (nSPS) is 17.1. The zero-order valence-electron chi connectivity index (χ0n) is 21.6. The van der Waals surface area contributed by atoms with Gasteiger partial charge in [-0.15, -0.1) is 0 Å². The Morgan fingerprint density at radius 3 is 2.60 bits per heavy atom. The first-order valence-corrected chi connectivity index (χ1v) is 12.7. The number of benzene rings is 1. The van der Waals surface area contributed by atoms with Gasteiger partial charge in [-0.3, -0.25) is 10.1 Å². The van der Waals surface area contributed by atoms with Crippen LogP contribution in [0.5, 0.6) is 0 Å². The third kappa shape index (κ3) is 5.66. The minimum atomic E-state index is -0.238. The number of urea groups is 1. The Labute approximate surface area is 207 Å². The lowest BCUT2D eigenvalue weighted by Crippen LogP contribution is -2.44. The standard InChI is InChI=1S/C26H38FN7O/c1-17(2)34(18(3)4)26(35)30-23-16-28-31-25(23)21-9-6-8-19-14-24(20(27)15-22(19)29-21)33-11-7-10-32(5)12-13-33/h14-18H,6-13H2,1-5H3,(H,28,31)(H,30,35). The summed E-state index contributed by atoms with van der Waals surface area (Å²) in [4.78, 5) is 24.0. The van der Waals surface area contributed by atoms with Gasteiger partial charge in [0.15, 0.2) is 0 Å². The van der Waals surface area contributed by atoms with E-state index in [2.05, 4.69) is 32.4 Å². The molecule has 2 amide bonds. The summed E-state index contributed by atoms with van der Waals surface area (Å²) in [6.45, 7) is 11.6. The average Bonchev–Trinajstić information content (AvgIpc) is 2.99. The Hall–Kier alpha value is -2.94. The van der Waals surface area contributed by atoms with Gasteiger partial charge in [-0.25, -0.2) is 9.18 Å². The summed E-state index contributed by atoms with van der Waals surface area (Å²) in [5.74, 6) is -0.238. The number of carbonyl (C=O) groups excluding carboxylic acids is 1. The molecule has 0 spiro atoms. The van der Waals surface area contributed by atoms with E-state index in [1.807, 2.05) is 33.8 Å². The van der Waals surface area contributed by atoms with Crippen molar-refractivity contribution in [2.75, 3.05) is 43.4 Å². The number of nitrogens with one attached hydrogen (secondary N) is 2. The van der Waals surface area contributed by atoms with E-state index in [9.17, 15) is 4.79 Å². The summed E-state index contributed by atoms with van der Waals surface area (Å²) in [7, 11) is 2.11. The maximum atomic E-state index is 15.3. The fourth-order valence-corrected chi connectivity index (χ4v) is 5.10. The molecule has 0 bridgehead atoms. The van der Waals surface area contributed by atoms with E-state index in [0.29, 0.717) is 29.2 Å². The van der Waals surface area contributed by atoms with Crippen LogP contribution in [0.4, 0.5) is 26.2 Å². The molecule has 9 heteroatoms. The summed E-state index contributed by atoms with van der Waals surface area (Å²) in [5.41, 5.74) is 4.34. The minimum Gasteiger partial charge on any atom is -0.368 e. The molecule has 190 valence electrons. The van der Waals surface area contributed by atoms with E-state index in [4.69, 9.17) is 4.99 Å². The number of rotatable bonds is 5. The Bertz CT molecular complexity index is 1070. The fraction of sp³-hybridized carbons (Fsp3) is 0.577. The molecule has 0 saturated carbocycles. The zero-order valence-corrected chi connectivity index (χ0v) is 21.6. The zero-order chi connectivity index (χ0) is 25.1. The molecule has 1 aromatic carbocycles. The first-order valence-electron chi connectivity index (χ1n) is 12.7. The van der Waals surface area contributed by atoms with E-state index in [1.165, 1.54) is 0 Å². The van der Waals surface area contributed by atoms with Crippen LogP contribution in [0.3, 0.4) is 0 Å². The Morgan fingerprint density at radius 2 is 1.86 bits per heavy atom. The van der Waals surface area contributed by atoms with Crippen molar-refractivity contribution in [1.82, 2.24) is 20.0 Å². The molecule has 1 aromatic heterocycles. The lowest BCUT2D eigenvalue weighted by Gasteiger charge is -2.30. The van der Waals surface area contributed by atoms with Gasteiger partial charge < -0.3 is 20.0 Å². The molecule has 0 atom stereocenters. The van der Waals surface area contributed by atoms with E-state index >= 15 is 4.39 Å². The number of aromatic nitrogens is 2. The van der Waals surface area contributed by atoms with Gasteiger partial charge in [0.05, 0.1) is 22.8 Å². The van der Waals surface area contributed by atoms with Crippen molar-refractivity contribution in [3.63, 3.8) is 0 Å². The fourth-order valence-electron chi connectivity index (χ4n) is 5.10. The van der Waals surface area contributed by atoms with Crippen LogP contribution in [0.1, 0.15) is 58.2 Å². The number of carbonyl (C=O) groups is 1. The van der Waals surface area contributed by atoms with Crippen LogP contribution in [-0.2, 0) is 6.42 Å². The molecular formula is C26H38FN7O. The minimum absolute atomic E-state index is 0.0641. The Balaban J connectivity index is 1.60. The molecular weight excluding hydrogens is 445 g/mol. The maximum Gasteiger partial charge on any atom is 0.322 e. The second-order valence-corrected chi connectivity index (χ2v) is 10.2. The highest BCUT2D eigenvalue weighted by molar-refractivity contribution is 6.07. The summed E-state index contributed by atoms with van der Waals surface area (Å²) >= 11 is 0. The molecule has 2 aliphatic rings. The average molecular weight is 484 g/mol. The van der Waals surface area contributed by atoms with E-state index in [0.717, 1.165) is 56.7 Å². The number of hydrogen-bond donors (Lipinski definition) is 2. The van der Waals surface area contributed by atoms with Crippen molar-refractivity contribution in [3.05, 3.63) is 35.4 Å². The third-order valence-corrected chi connectivity index (χ3v) is 6.83. The highest BCUT2D eigenvalue weighted by atomic mass is 19.1. The van der Waals surface area contributed by atoms with Crippen LogP contribution in [0, 0.1) is 5.82 Å². The number of fused-ring (bicyclic) bond motifs is 1. The second-order valence-electron chi connectivity index (χ2n) is 10.2. The van der Waals surface area contributed by atoms with Crippen molar-refractivity contribution in [2.24, 2.45) is 4.99 Å². The van der Waals surface area contributed by atoms with Crippen molar-refractivity contribution in [2.45, 2.75) is 65.5 Å². The molecule has 8 nitrogen and oxygen atoms in total. The molecule has 35 heavy (non-hydrogen) atoms. The van der Waals surface area contributed by atoms with Crippen molar-refractivity contribution < 1.29 is 9.18 Å². The molecule has 2 N–H and O–H groups in total. The number of aliphatic imine (C=N–C) groups is 1. The molecule has 3 heterocycles. The molecule has 4 rings (SSSR count). The topological polar surface area (TPSA) is 79.9 Å². The molecule has 1 fully saturated rings. The van der Waals surface area contributed by atoms with Crippen LogP contribution in [0.2, 0.25) is 0 Å². The van der Waals surface area contributed by atoms with E-state index in [1.54, 1.807) is 17.2 Å². The predicted octanol–water partition coefficient (Wildman–Crippen LogP) is 4.80. The third-order valence-electron chi connectivity index (χ3n) is 6.83.